The van der Waals surface area contributed by atoms with Gasteiger partial charge in [0, 0.05) is 11.1 Å². The van der Waals surface area contributed by atoms with Crippen LogP contribution in [0.4, 0.5) is 13.2 Å². The Balaban J connectivity index is 1.50. The van der Waals surface area contributed by atoms with Crippen molar-refractivity contribution in [1.82, 2.24) is 0 Å². The second-order valence-electron chi connectivity index (χ2n) is 11.7. The van der Waals surface area contributed by atoms with Gasteiger partial charge in [-0.05, 0) is 85.1 Å². The Kier molecular flexibility index (Phi) is 7.62. The molecule has 0 aromatic heterocycles. The standard InChI is InChI=1S/C41H26F3O3PS/c42-41(43,44)49(45,46)47-37-23-19-29-11-5-7-15-35(29)39(37)40-36-16-8-6-12-30(36)20-24-38(40)48(33-21-17-27-9-1-3-13-31(27)25-33)34-22-18-28-10-2-4-14-32(28)26-34/h1-26H. The van der Waals surface area contributed by atoms with Crippen molar-refractivity contribution in [2.24, 2.45) is 0 Å². The average Bonchev–Trinajstić information content (AvgIpc) is 3.11. The molecule has 8 heteroatoms. The van der Waals surface area contributed by atoms with Gasteiger partial charge in [0.25, 0.3) is 0 Å². The first-order valence-electron chi connectivity index (χ1n) is 15.5. The summed E-state index contributed by atoms with van der Waals surface area (Å²) in [6.45, 7) is 0. The van der Waals surface area contributed by atoms with E-state index in [0.29, 0.717) is 10.9 Å². The molecule has 0 radical (unpaired) electrons. The minimum Gasteiger partial charge on any atom is -0.375 e. The summed E-state index contributed by atoms with van der Waals surface area (Å²) in [6, 6.07) is 50.8. The molecule has 0 amide bonds. The van der Waals surface area contributed by atoms with Gasteiger partial charge in [-0.3, -0.25) is 0 Å². The topological polar surface area (TPSA) is 43.4 Å². The van der Waals surface area contributed by atoms with Gasteiger partial charge >= 0.3 is 15.6 Å². The number of benzene rings is 8. The fraction of sp³-hybridized carbons (Fsp3) is 0.0244. The van der Waals surface area contributed by atoms with Crippen molar-refractivity contribution in [1.29, 1.82) is 0 Å². The summed E-state index contributed by atoms with van der Waals surface area (Å²) in [5.41, 5.74) is -4.71. The van der Waals surface area contributed by atoms with Crippen LogP contribution in [0.5, 0.6) is 5.75 Å². The molecule has 240 valence electrons. The van der Waals surface area contributed by atoms with E-state index in [1.54, 1.807) is 18.2 Å². The fourth-order valence-electron chi connectivity index (χ4n) is 6.51. The molecule has 0 unspecified atom stereocenters. The third-order valence-electron chi connectivity index (χ3n) is 8.75. The number of halogens is 3. The smallest absolute Gasteiger partial charge is 0.375 e. The normalized spacial score (nSPS) is 12.3. The van der Waals surface area contributed by atoms with Crippen molar-refractivity contribution < 1.29 is 25.8 Å². The average molecular weight is 687 g/mol. The molecule has 0 atom stereocenters. The Hall–Kier alpha value is -5.23. The lowest BCUT2D eigenvalue weighted by atomic mass is 9.93. The van der Waals surface area contributed by atoms with Crippen molar-refractivity contribution in [2.75, 3.05) is 0 Å². The molecule has 0 saturated carbocycles. The van der Waals surface area contributed by atoms with E-state index < -0.39 is 23.5 Å². The first kappa shape index (κ1) is 31.1. The minimum absolute atomic E-state index is 0.284. The maximum absolute atomic E-state index is 13.8. The molecule has 0 heterocycles. The molecular formula is C41H26F3O3PS. The zero-order chi connectivity index (χ0) is 33.8. The summed E-state index contributed by atoms with van der Waals surface area (Å²) < 4.78 is 71.6. The van der Waals surface area contributed by atoms with Gasteiger partial charge in [0.2, 0.25) is 0 Å². The van der Waals surface area contributed by atoms with Crippen molar-refractivity contribution in [2.45, 2.75) is 5.51 Å². The van der Waals surface area contributed by atoms with E-state index in [2.05, 4.69) is 60.7 Å². The Morgan fingerprint density at radius 2 is 0.898 bits per heavy atom. The molecule has 8 aromatic rings. The summed E-state index contributed by atoms with van der Waals surface area (Å²) >= 11 is 0. The first-order chi connectivity index (χ1) is 23.7. The van der Waals surface area contributed by atoms with Gasteiger partial charge in [-0.1, -0.05) is 140 Å². The molecule has 3 nitrogen and oxygen atoms in total. The van der Waals surface area contributed by atoms with Crippen LogP contribution in [-0.2, 0) is 10.1 Å². The van der Waals surface area contributed by atoms with Crippen LogP contribution in [0.2, 0.25) is 0 Å². The van der Waals surface area contributed by atoms with Crippen molar-refractivity contribution in [3.63, 3.8) is 0 Å². The van der Waals surface area contributed by atoms with Crippen LogP contribution in [-0.4, -0.2) is 13.9 Å². The lowest BCUT2D eigenvalue weighted by Crippen LogP contribution is -2.28. The minimum atomic E-state index is -5.98. The number of rotatable bonds is 6. The van der Waals surface area contributed by atoms with E-state index in [-0.39, 0.29) is 11.3 Å². The van der Waals surface area contributed by atoms with E-state index >= 15 is 0 Å². The van der Waals surface area contributed by atoms with Gasteiger partial charge in [-0.15, -0.1) is 0 Å². The van der Waals surface area contributed by atoms with Crippen LogP contribution in [0.1, 0.15) is 0 Å². The summed E-state index contributed by atoms with van der Waals surface area (Å²) in [4.78, 5) is 0. The largest absolute Gasteiger partial charge is 0.534 e. The van der Waals surface area contributed by atoms with Gasteiger partial charge in [0.1, 0.15) is 0 Å². The van der Waals surface area contributed by atoms with Crippen LogP contribution in [0.3, 0.4) is 0 Å². The molecule has 0 fully saturated rings. The Bertz CT molecular complexity index is 2590. The molecule has 8 rings (SSSR count). The highest BCUT2D eigenvalue weighted by molar-refractivity contribution is 7.88. The van der Waals surface area contributed by atoms with Crippen LogP contribution >= 0.6 is 7.92 Å². The summed E-state index contributed by atoms with van der Waals surface area (Å²) in [5, 5.41) is 10.1. The molecular weight excluding hydrogens is 660 g/mol. The molecule has 0 aliphatic carbocycles. The third-order valence-corrected chi connectivity index (χ3v) is 12.2. The van der Waals surface area contributed by atoms with Gasteiger partial charge in [0.05, 0.1) is 0 Å². The van der Waals surface area contributed by atoms with E-state index in [4.69, 9.17) is 4.18 Å². The summed E-state index contributed by atoms with van der Waals surface area (Å²) in [6.07, 6.45) is 0. The highest BCUT2D eigenvalue weighted by Gasteiger charge is 2.49. The highest BCUT2D eigenvalue weighted by atomic mass is 32.2. The Labute approximate surface area is 282 Å². The predicted octanol–water partition coefficient (Wildman–Crippen LogP) is 9.95. The fourth-order valence-corrected chi connectivity index (χ4v) is 9.50. The highest BCUT2D eigenvalue weighted by Crippen LogP contribution is 2.47. The van der Waals surface area contributed by atoms with Gasteiger partial charge in [-0.25, -0.2) is 0 Å². The zero-order valence-corrected chi connectivity index (χ0v) is 27.4. The van der Waals surface area contributed by atoms with Gasteiger partial charge in [0.15, 0.2) is 5.75 Å². The predicted molar refractivity (Wildman–Crippen MR) is 196 cm³/mol. The molecule has 0 aliphatic rings. The van der Waals surface area contributed by atoms with Crippen LogP contribution < -0.4 is 20.1 Å². The van der Waals surface area contributed by atoms with Crippen molar-refractivity contribution >= 4 is 77.0 Å². The SMILES string of the molecule is O=S(=O)(Oc1ccc2ccccc2c1-c1c(P(c2ccc3ccccc3c2)c2ccc3ccccc3c2)ccc2ccccc12)C(F)(F)F. The molecule has 0 N–H and O–H groups in total. The van der Waals surface area contributed by atoms with Gasteiger partial charge in [-0.2, -0.15) is 21.6 Å². The van der Waals surface area contributed by atoms with E-state index in [1.165, 1.54) is 6.07 Å². The molecule has 0 saturated heterocycles. The van der Waals surface area contributed by atoms with E-state index in [0.717, 1.165) is 53.6 Å². The van der Waals surface area contributed by atoms with Gasteiger partial charge < -0.3 is 4.18 Å². The second-order valence-corrected chi connectivity index (χ2v) is 15.4. The van der Waals surface area contributed by atoms with E-state index in [9.17, 15) is 21.6 Å². The number of hydrogen-bond donors (Lipinski definition) is 0. The Morgan fingerprint density at radius 1 is 0.469 bits per heavy atom. The molecule has 0 spiro atoms. The van der Waals surface area contributed by atoms with Crippen molar-refractivity contribution in [3.8, 4) is 16.9 Å². The Morgan fingerprint density at radius 3 is 1.43 bits per heavy atom. The maximum Gasteiger partial charge on any atom is 0.534 e. The van der Waals surface area contributed by atoms with Crippen LogP contribution in [0.25, 0.3) is 54.2 Å². The third kappa shape index (κ3) is 5.59. The monoisotopic (exact) mass is 686 g/mol. The van der Waals surface area contributed by atoms with E-state index in [1.807, 2.05) is 72.8 Å². The summed E-state index contributed by atoms with van der Waals surface area (Å²) in [5.74, 6) is -0.388. The number of alkyl halides is 3. The maximum atomic E-state index is 13.8. The number of hydrogen-bond acceptors (Lipinski definition) is 3. The lowest BCUT2D eigenvalue weighted by Gasteiger charge is -2.26. The quantitative estimate of drug-likeness (QED) is 0.0994. The van der Waals surface area contributed by atoms with Crippen LogP contribution in [0, 0.1) is 0 Å². The molecule has 49 heavy (non-hydrogen) atoms. The van der Waals surface area contributed by atoms with Crippen LogP contribution in [0.15, 0.2) is 158 Å². The van der Waals surface area contributed by atoms with Crippen molar-refractivity contribution in [3.05, 3.63) is 158 Å². The molecule has 8 aromatic carbocycles. The number of fused-ring (bicyclic) bond motifs is 4. The zero-order valence-electron chi connectivity index (χ0n) is 25.7. The first-order valence-corrected chi connectivity index (χ1v) is 18.3. The second kappa shape index (κ2) is 12.0. The lowest BCUT2D eigenvalue weighted by molar-refractivity contribution is -0.0499. The molecule has 0 bridgehead atoms. The molecule has 0 aliphatic heterocycles. The summed E-state index contributed by atoms with van der Waals surface area (Å²) in [7, 11) is -7.34.